The number of rotatable bonds is 4. The van der Waals surface area contributed by atoms with E-state index in [1.807, 2.05) is 23.9 Å². The lowest BCUT2D eigenvalue weighted by Gasteiger charge is -2.31. The van der Waals surface area contributed by atoms with Gasteiger partial charge in [-0.1, -0.05) is 30.3 Å². The van der Waals surface area contributed by atoms with E-state index in [9.17, 15) is 5.11 Å². The number of hydrogen-bond donors (Lipinski definition) is 1. The highest BCUT2D eigenvalue weighted by atomic mass is 32.2. The van der Waals surface area contributed by atoms with Gasteiger partial charge >= 0.3 is 0 Å². The molecule has 0 atom stereocenters. The zero-order chi connectivity index (χ0) is 14.5. The Bertz CT molecular complexity index is 547. The van der Waals surface area contributed by atoms with E-state index in [1.54, 1.807) is 12.1 Å². The molecule has 21 heavy (non-hydrogen) atoms. The number of benzene rings is 2. The van der Waals surface area contributed by atoms with Crippen molar-refractivity contribution in [2.24, 2.45) is 0 Å². The smallest absolute Gasteiger partial charge is 0.115 e. The van der Waals surface area contributed by atoms with Crippen molar-refractivity contribution in [2.45, 2.75) is 29.5 Å². The van der Waals surface area contributed by atoms with Crippen molar-refractivity contribution < 1.29 is 5.11 Å². The Balaban J connectivity index is 1.47. The molecule has 110 valence electrons. The summed E-state index contributed by atoms with van der Waals surface area (Å²) in [6.45, 7) is 3.41. The Morgan fingerprint density at radius 3 is 2.29 bits per heavy atom. The summed E-state index contributed by atoms with van der Waals surface area (Å²) < 4.78 is 0. The maximum absolute atomic E-state index is 9.32. The number of phenolic OH excluding ortho intramolecular Hbond substituents is 1. The highest BCUT2D eigenvalue weighted by Gasteiger charge is 2.20. The van der Waals surface area contributed by atoms with Crippen LogP contribution in [-0.2, 0) is 6.54 Å². The van der Waals surface area contributed by atoms with Crippen molar-refractivity contribution in [1.82, 2.24) is 4.90 Å². The summed E-state index contributed by atoms with van der Waals surface area (Å²) in [4.78, 5) is 3.80. The van der Waals surface area contributed by atoms with Crippen molar-refractivity contribution in [3.8, 4) is 5.75 Å². The van der Waals surface area contributed by atoms with Crippen LogP contribution in [-0.4, -0.2) is 28.3 Å². The van der Waals surface area contributed by atoms with E-state index in [1.165, 1.54) is 36.4 Å². The van der Waals surface area contributed by atoms with Gasteiger partial charge in [0.15, 0.2) is 0 Å². The summed E-state index contributed by atoms with van der Waals surface area (Å²) in [5.41, 5.74) is 1.40. The normalized spacial score (nSPS) is 17.0. The monoisotopic (exact) mass is 299 g/mol. The minimum absolute atomic E-state index is 0.344. The molecule has 0 bridgehead atoms. The molecule has 1 N–H and O–H groups in total. The average molecular weight is 299 g/mol. The van der Waals surface area contributed by atoms with Gasteiger partial charge in [-0.3, -0.25) is 4.90 Å². The third kappa shape index (κ3) is 4.26. The van der Waals surface area contributed by atoms with E-state index in [0.717, 1.165) is 6.54 Å². The van der Waals surface area contributed by atoms with Crippen molar-refractivity contribution >= 4 is 11.8 Å². The minimum Gasteiger partial charge on any atom is -0.508 e. The highest BCUT2D eigenvalue weighted by Crippen LogP contribution is 2.31. The molecule has 1 saturated heterocycles. The zero-order valence-electron chi connectivity index (χ0n) is 12.1. The van der Waals surface area contributed by atoms with E-state index < -0.39 is 0 Å². The van der Waals surface area contributed by atoms with Crippen LogP contribution in [0.1, 0.15) is 18.4 Å². The number of hydrogen-bond acceptors (Lipinski definition) is 3. The van der Waals surface area contributed by atoms with Gasteiger partial charge in [0, 0.05) is 16.7 Å². The first kappa shape index (κ1) is 14.5. The quantitative estimate of drug-likeness (QED) is 0.917. The SMILES string of the molecule is Oc1ccc(SC2CCN(Cc3ccccc3)CC2)cc1. The summed E-state index contributed by atoms with van der Waals surface area (Å²) in [6.07, 6.45) is 2.47. The van der Waals surface area contributed by atoms with E-state index in [-0.39, 0.29) is 0 Å². The van der Waals surface area contributed by atoms with Crippen molar-refractivity contribution in [3.05, 3.63) is 60.2 Å². The third-order valence-corrected chi connectivity index (χ3v) is 5.27. The summed E-state index contributed by atoms with van der Waals surface area (Å²) in [5.74, 6) is 0.344. The molecular weight excluding hydrogens is 278 g/mol. The van der Waals surface area contributed by atoms with Crippen LogP contribution < -0.4 is 0 Å². The number of phenols is 1. The molecule has 0 unspecified atom stereocenters. The lowest BCUT2D eigenvalue weighted by molar-refractivity contribution is 0.225. The van der Waals surface area contributed by atoms with Crippen LogP contribution in [0.3, 0.4) is 0 Å². The molecule has 0 aromatic heterocycles. The van der Waals surface area contributed by atoms with Crippen LogP contribution in [0.25, 0.3) is 0 Å². The molecule has 0 amide bonds. The van der Waals surface area contributed by atoms with E-state index in [2.05, 4.69) is 35.2 Å². The maximum atomic E-state index is 9.32. The Morgan fingerprint density at radius 1 is 0.952 bits per heavy atom. The fourth-order valence-corrected chi connectivity index (χ4v) is 3.87. The van der Waals surface area contributed by atoms with E-state index >= 15 is 0 Å². The van der Waals surface area contributed by atoms with Gasteiger partial charge in [-0.15, -0.1) is 11.8 Å². The number of thioether (sulfide) groups is 1. The van der Waals surface area contributed by atoms with Crippen molar-refractivity contribution in [2.75, 3.05) is 13.1 Å². The first-order chi connectivity index (χ1) is 10.3. The van der Waals surface area contributed by atoms with Gasteiger partial charge in [-0.2, -0.15) is 0 Å². The number of piperidine rings is 1. The second kappa shape index (κ2) is 7.01. The Labute approximate surface area is 130 Å². The molecular formula is C18H21NOS. The van der Waals surface area contributed by atoms with Gasteiger partial charge in [-0.05, 0) is 55.8 Å². The summed E-state index contributed by atoms with van der Waals surface area (Å²) >= 11 is 1.94. The van der Waals surface area contributed by atoms with Crippen molar-refractivity contribution in [1.29, 1.82) is 0 Å². The van der Waals surface area contributed by atoms with Crippen LogP contribution in [0, 0.1) is 0 Å². The minimum atomic E-state index is 0.344. The second-order valence-corrected chi connectivity index (χ2v) is 6.95. The van der Waals surface area contributed by atoms with Gasteiger partial charge < -0.3 is 5.11 Å². The molecule has 1 aliphatic heterocycles. The molecule has 0 saturated carbocycles. The topological polar surface area (TPSA) is 23.5 Å². The second-order valence-electron chi connectivity index (χ2n) is 5.57. The number of nitrogens with zero attached hydrogens (tertiary/aromatic N) is 1. The Kier molecular flexibility index (Phi) is 4.84. The number of likely N-dealkylation sites (tertiary alicyclic amines) is 1. The molecule has 3 rings (SSSR count). The zero-order valence-corrected chi connectivity index (χ0v) is 12.9. The Morgan fingerprint density at radius 2 is 1.62 bits per heavy atom. The van der Waals surface area contributed by atoms with E-state index in [4.69, 9.17) is 0 Å². The van der Waals surface area contributed by atoms with Gasteiger partial charge in [0.2, 0.25) is 0 Å². The molecule has 3 heteroatoms. The maximum Gasteiger partial charge on any atom is 0.115 e. The third-order valence-electron chi connectivity index (χ3n) is 3.92. The fraction of sp³-hybridized carbons (Fsp3) is 0.333. The summed E-state index contributed by atoms with van der Waals surface area (Å²) in [5, 5.41) is 10.0. The van der Waals surface area contributed by atoms with Crippen LogP contribution in [0.15, 0.2) is 59.5 Å². The van der Waals surface area contributed by atoms with Gasteiger partial charge in [0.05, 0.1) is 0 Å². The molecule has 2 aromatic carbocycles. The Hall–Kier alpha value is -1.45. The molecule has 2 aromatic rings. The van der Waals surface area contributed by atoms with Gasteiger partial charge in [0.25, 0.3) is 0 Å². The lowest BCUT2D eigenvalue weighted by atomic mass is 10.1. The standard InChI is InChI=1S/C18H21NOS/c20-16-6-8-17(9-7-16)21-18-10-12-19(13-11-18)14-15-4-2-1-3-5-15/h1-9,18,20H,10-14H2. The predicted octanol–water partition coefficient (Wildman–Crippen LogP) is 4.15. The molecule has 1 aliphatic rings. The molecule has 0 spiro atoms. The molecule has 0 radical (unpaired) electrons. The van der Waals surface area contributed by atoms with Crippen LogP contribution in [0.2, 0.25) is 0 Å². The van der Waals surface area contributed by atoms with Gasteiger partial charge in [-0.25, -0.2) is 0 Å². The van der Waals surface area contributed by atoms with Crippen LogP contribution in [0.5, 0.6) is 5.75 Å². The molecule has 0 aliphatic carbocycles. The van der Waals surface area contributed by atoms with Crippen LogP contribution in [0.4, 0.5) is 0 Å². The first-order valence-electron chi connectivity index (χ1n) is 7.51. The predicted molar refractivity (Wildman–Crippen MR) is 88.7 cm³/mol. The number of aromatic hydroxyl groups is 1. The van der Waals surface area contributed by atoms with Crippen molar-refractivity contribution in [3.63, 3.8) is 0 Å². The highest BCUT2D eigenvalue weighted by molar-refractivity contribution is 8.00. The van der Waals surface area contributed by atoms with Gasteiger partial charge in [0.1, 0.15) is 5.75 Å². The summed E-state index contributed by atoms with van der Waals surface area (Å²) in [7, 11) is 0. The first-order valence-corrected chi connectivity index (χ1v) is 8.39. The lowest BCUT2D eigenvalue weighted by Crippen LogP contribution is -2.34. The van der Waals surface area contributed by atoms with E-state index in [0.29, 0.717) is 11.0 Å². The average Bonchev–Trinajstić information content (AvgIpc) is 2.53. The molecule has 1 heterocycles. The largest absolute Gasteiger partial charge is 0.508 e. The van der Waals surface area contributed by atoms with Crippen LogP contribution >= 0.6 is 11.8 Å². The molecule has 1 fully saturated rings. The fourth-order valence-electron chi connectivity index (χ4n) is 2.74. The molecule has 2 nitrogen and oxygen atoms in total. The summed E-state index contributed by atoms with van der Waals surface area (Å²) in [6, 6.07) is 18.3.